The first-order valence-corrected chi connectivity index (χ1v) is 8.48. The first-order chi connectivity index (χ1) is 9.61. The van der Waals surface area contributed by atoms with E-state index in [2.05, 4.69) is 44.3 Å². The number of halogens is 1. The maximum absolute atomic E-state index is 6.16. The van der Waals surface area contributed by atoms with Crippen LogP contribution in [0.1, 0.15) is 58.1 Å². The number of nitrogens with one attached hydrogen (secondary N) is 1. The van der Waals surface area contributed by atoms with Crippen molar-refractivity contribution in [2.75, 3.05) is 6.54 Å². The van der Waals surface area contributed by atoms with Gasteiger partial charge < -0.3 is 5.32 Å². The topological polar surface area (TPSA) is 12.0 Å². The van der Waals surface area contributed by atoms with Gasteiger partial charge in [0.1, 0.15) is 0 Å². The van der Waals surface area contributed by atoms with Crippen LogP contribution in [0.25, 0.3) is 0 Å². The van der Waals surface area contributed by atoms with E-state index in [1.165, 1.54) is 31.2 Å². The van der Waals surface area contributed by atoms with E-state index in [4.69, 9.17) is 11.6 Å². The van der Waals surface area contributed by atoms with Gasteiger partial charge in [-0.25, -0.2) is 0 Å². The van der Waals surface area contributed by atoms with Crippen LogP contribution in [0.5, 0.6) is 0 Å². The van der Waals surface area contributed by atoms with Crippen LogP contribution in [0.2, 0.25) is 5.02 Å². The van der Waals surface area contributed by atoms with Crippen molar-refractivity contribution in [1.29, 1.82) is 0 Å². The third kappa shape index (κ3) is 3.99. The number of rotatable bonds is 5. The summed E-state index contributed by atoms with van der Waals surface area (Å²) >= 11 is 6.16. The van der Waals surface area contributed by atoms with Gasteiger partial charge in [-0.3, -0.25) is 0 Å². The molecule has 1 unspecified atom stereocenters. The summed E-state index contributed by atoms with van der Waals surface area (Å²) in [5.41, 5.74) is 1.35. The van der Waals surface area contributed by atoms with Gasteiger partial charge in [0.15, 0.2) is 0 Å². The molecule has 20 heavy (non-hydrogen) atoms. The molecule has 0 spiro atoms. The van der Waals surface area contributed by atoms with Crippen molar-refractivity contribution >= 4 is 11.6 Å². The van der Waals surface area contributed by atoms with Crippen LogP contribution in [0, 0.1) is 17.8 Å². The predicted molar refractivity (Wildman–Crippen MR) is 88.2 cm³/mol. The van der Waals surface area contributed by atoms with E-state index in [-0.39, 0.29) is 0 Å². The second-order valence-electron chi connectivity index (χ2n) is 6.51. The van der Waals surface area contributed by atoms with E-state index >= 15 is 0 Å². The Balaban J connectivity index is 2.06. The zero-order valence-electron chi connectivity index (χ0n) is 13.0. The van der Waals surface area contributed by atoms with Crippen molar-refractivity contribution in [2.24, 2.45) is 17.8 Å². The molecule has 1 aliphatic rings. The van der Waals surface area contributed by atoms with E-state index in [9.17, 15) is 0 Å². The highest BCUT2D eigenvalue weighted by molar-refractivity contribution is 6.30. The van der Waals surface area contributed by atoms with Gasteiger partial charge in [0.25, 0.3) is 0 Å². The molecule has 1 aromatic carbocycles. The highest BCUT2D eigenvalue weighted by atomic mass is 35.5. The minimum absolute atomic E-state index is 0.465. The van der Waals surface area contributed by atoms with Gasteiger partial charge in [-0.15, -0.1) is 0 Å². The van der Waals surface area contributed by atoms with E-state index in [0.717, 1.165) is 29.3 Å². The van der Waals surface area contributed by atoms with Gasteiger partial charge in [-0.2, -0.15) is 0 Å². The third-order valence-corrected chi connectivity index (χ3v) is 5.10. The normalized spacial score (nSPS) is 24.9. The Hall–Kier alpha value is -0.530. The zero-order valence-corrected chi connectivity index (χ0v) is 13.8. The zero-order chi connectivity index (χ0) is 14.5. The molecule has 0 bridgehead atoms. The first kappa shape index (κ1) is 15.9. The Morgan fingerprint density at radius 1 is 1.15 bits per heavy atom. The van der Waals surface area contributed by atoms with E-state index in [0.29, 0.717) is 6.04 Å². The van der Waals surface area contributed by atoms with Crippen molar-refractivity contribution in [1.82, 2.24) is 5.32 Å². The fourth-order valence-electron chi connectivity index (χ4n) is 3.62. The van der Waals surface area contributed by atoms with Crippen LogP contribution in [0.3, 0.4) is 0 Å². The van der Waals surface area contributed by atoms with Crippen LogP contribution in [-0.4, -0.2) is 6.54 Å². The SMILES string of the molecule is CCNC(c1cccc(Cl)c1)C1CCC(C(C)C)CC1. The minimum Gasteiger partial charge on any atom is -0.310 e. The lowest BCUT2D eigenvalue weighted by molar-refractivity contribution is 0.190. The van der Waals surface area contributed by atoms with Crippen LogP contribution in [-0.2, 0) is 0 Å². The third-order valence-electron chi connectivity index (χ3n) is 4.86. The van der Waals surface area contributed by atoms with Crippen LogP contribution in [0.4, 0.5) is 0 Å². The van der Waals surface area contributed by atoms with Gasteiger partial charge in [0, 0.05) is 11.1 Å². The second-order valence-corrected chi connectivity index (χ2v) is 6.95. The largest absolute Gasteiger partial charge is 0.310 e. The number of hydrogen-bond acceptors (Lipinski definition) is 1. The lowest BCUT2D eigenvalue weighted by atomic mass is 9.73. The van der Waals surface area contributed by atoms with Gasteiger partial charge >= 0.3 is 0 Å². The van der Waals surface area contributed by atoms with Crippen LogP contribution < -0.4 is 5.32 Å². The maximum Gasteiger partial charge on any atom is 0.0409 e. The Labute approximate surface area is 129 Å². The molecule has 1 aliphatic carbocycles. The summed E-state index contributed by atoms with van der Waals surface area (Å²) in [6, 6.07) is 8.84. The molecule has 0 radical (unpaired) electrons. The molecule has 1 atom stereocenters. The fraction of sp³-hybridized carbons (Fsp3) is 0.667. The molecule has 1 saturated carbocycles. The van der Waals surface area contributed by atoms with Gasteiger partial charge in [0.05, 0.1) is 0 Å². The van der Waals surface area contributed by atoms with Crippen LogP contribution >= 0.6 is 11.6 Å². The molecular formula is C18H28ClN. The number of benzene rings is 1. The average Bonchev–Trinajstić information content (AvgIpc) is 2.45. The average molecular weight is 294 g/mol. The summed E-state index contributed by atoms with van der Waals surface area (Å²) in [6.07, 6.45) is 5.44. The smallest absolute Gasteiger partial charge is 0.0409 e. The van der Waals surface area contributed by atoms with E-state index in [1.807, 2.05) is 6.07 Å². The molecule has 0 saturated heterocycles. The fourth-order valence-corrected chi connectivity index (χ4v) is 3.82. The molecule has 0 aromatic heterocycles. The predicted octanol–water partition coefficient (Wildman–Crippen LogP) is 5.45. The standard InChI is InChI=1S/C18H28ClN/c1-4-20-18(16-6-5-7-17(19)12-16)15-10-8-14(9-11-15)13(2)3/h5-7,12-15,18,20H,4,8-11H2,1-3H3. The highest BCUT2D eigenvalue weighted by Gasteiger charge is 2.29. The molecule has 0 heterocycles. The maximum atomic E-state index is 6.16. The molecule has 1 fully saturated rings. The summed E-state index contributed by atoms with van der Waals surface area (Å²) in [4.78, 5) is 0. The lowest BCUT2D eigenvalue weighted by Crippen LogP contribution is -2.31. The Kier molecular flexibility index (Phi) is 5.92. The monoisotopic (exact) mass is 293 g/mol. The van der Waals surface area contributed by atoms with Crippen molar-refractivity contribution in [3.05, 3.63) is 34.9 Å². The van der Waals surface area contributed by atoms with Gasteiger partial charge in [0.2, 0.25) is 0 Å². The van der Waals surface area contributed by atoms with E-state index < -0.39 is 0 Å². The lowest BCUT2D eigenvalue weighted by Gasteiger charge is -2.36. The Morgan fingerprint density at radius 2 is 1.80 bits per heavy atom. The van der Waals surface area contributed by atoms with Crippen molar-refractivity contribution in [3.63, 3.8) is 0 Å². The first-order valence-electron chi connectivity index (χ1n) is 8.10. The van der Waals surface area contributed by atoms with Crippen molar-refractivity contribution in [3.8, 4) is 0 Å². The molecule has 0 amide bonds. The van der Waals surface area contributed by atoms with Gasteiger partial charge in [-0.1, -0.05) is 44.5 Å². The Morgan fingerprint density at radius 3 is 2.35 bits per heavy atom. The highest BCUT2D eigenvalue weighted by Crippen LogP contribution is 2.39. The Bertz CT molecular complexity index is 408. The van der Waals surface area contributed by atoms with Crippen molar-refractivity contribution in [2.45, 2.75) is 52.5 Å². The molecule has 1 aromatic rings. The summed E-state index contributed by atoms with van der Waals surface area (Å²) in [5, 5.41) is 4.53. The molecule has 112 valence electrons. The van der Waals surface area contributed by atoms with E-state index in [1.54, 1.807) is 0 Å². The molecular weight excluding hydrogens is 266 g/mol. The van der Waals surface area contributed by atoms with Crippen LogP contribution in [0.15, 0.2) is 24.3 Å². The molecule has 1 nitrogen and oxygen atoms in total. The molecule has 2 heteroatoms. The second kappa shape index (κ2) is 7.47. The minimum atomic E-state index is 0.465. The summed E-state index contributed by atoms with van der Waals surface area (Å²) in [7, 11) is 0. The number of hydrogen-bond donors (Lipinski definition) is 1. The summed E-state index contributed by atoms with van der Waals surface area (Å²) in [6.45, 7) is 7.94. The molecule has 0 aliphatic heterocycles. The molecule has 2 rings (SSSR count). The van der Waals surface area contributed by atoms with Gasteiger partial charge in [-0.05, 0) is 67.7 Å². The summed E-state index contributed by atoms with van der Waals surface area (Å²) < 4.78 is 0. The molecule has 1 N–H and O–H groups in total. The summed E-state index contributed by atoms with van der Waals surface area (Å²) in [5.74, 6) is 2.51. The quantitative estimate of drug-likeness (QED) is 0.761. The van der Waals surface area contributed by atoms with Crippen molar-refractivity contribution < 1.29 is 0 Å².